The zero-order valence-electron chi connectivity index (χ0n) is 8.20. The van der Waals surface area contributed by atoms with E-state index in [-0.39, 0.29) is 5.78 Å². The highest BCUT2D eigenvalue weighted by atomic mass is 79.9. The van der Waals surface area contributed by atoms with Crippen molar-refractivity contribution in [1.29, 1.82) is 0 Å². The summed E-state index contributed by atoms with van der Waals surface area (Å²) in [6.45, 7) is 0.718. The maximum absolute atomic E-state index is 12.0. The molecule has 78 valence electrons. The Morgan fingerprint density at radius 2 is 2.27 bits per heavy atom. The molecule has 0 fully saturated rings. The minimum absolute atomic E-state index is 0.0657. The summed E-state index contributed by atoms with van der Waals surface area (Å²) in [5.41, 5.74) is 1.47. The number of carbonyl (C=O) groups is 1. The van der Waals surface area contributed by atoms with Crippen LogP contribution in [0.1, 0.15) is 23.2 Å². The van der Waals surface area contributed by atoms with Gasteiger partial charge in [-0.3, -0.25) is 4.79 Å². The lowest BCUT2D eigenvalue weighted by Crippen LogP contribution is -2.09. The molecule has 0 aliphatic carbocycles. The van der Waals surface area contributed by atoms with Crippen LogP contribution in [0.3, 0.4) is 0 Å². The van der Waals surface area contributed by atoms with E-state index in [9.17, 15) is 4.79 Å². The minimum atomic E-state index is 0.0657. The molecular weight excluding hydrogens is 256 g/mol. The van der Waals surface area contributed by atoms with Crippen LogP contribution in [-0.2, 0) is 4.74 Å². The topological polar surface area (TPSA) is 26.3 Å². The maximum Gasteiger partial charge on any atom is 0.192 e. The monoisotopic (exact) mass is 266 g/mol. The number of halogens is 1. The first kappa shape index (κ1) is 10.4. The first-order valence-corrected chi connectivity index (χ1v) is 5.67. The molecule has 0 N–H and O–H groups in total. The molecule has 0 saturated carbocycles. The summed E-state index contributed by atoms with van der Waals surface area (Å²) >= 11 is 3.35. The molecule has 0 aromatic heterocycles. The van der Waals surface area contributed by atoms with Gasteiger partial charge in [0.15, 0.2) is 5.78 Å². The van der Waals surface area contributed by atoms with E-state index in [0.717, 1.165) is 29.5 Å². The van der Waals surface area contributed by atoms with Crippen LogP contribution in [0.4, 0.5) is 0 Å². The molecule has 3 heteroatoms. The van der Waals surface area contributed by atoms with E-state index in [4.69, 9.17) is 4.74 Å². The SMILES string of the molecule is O=C(C1=COCCC1)c1cccc(Br)c1. The molecule has 0 spiro atoms. The third-order valence-electron chi connectivity index (χ3n) is 2.31. The van der Waals surface area contributed by atoms with Crippen molar-refractivity contribution in [2.24, 2.45) is 0 Å². The molecule has 2 nitrogen and oxygen atoms in total. The second kappa shape index (κ2) is 4.62. The normalized spacial score (nSPS) is 15.4. The van der Waals surface area contributed by atoms with E-state index >= 15 is 0 Å². The average molecular weight is 267 g/mol. The molecule has 1 aliphatic heterocycles. The molecule has 1 heterocycles. The summed E-state index contributed by atoms with van der Waals surface area (Å²) in [5, 5.41) is 0. The van der Waals surface area contributed by atoms with Crippen molar-refractivity contribution >= 4 is 21.7 Å². The van der Waals surface area contributed by atoms with Crippen molar-refractivity contribution in [2.75, 3.05) is 6.61 Å². The number of ether oxygens (including phenoxy) is 1. The third-order valence-corrected chi connectivity index (χ3v) is 2.81. The number of benzene rings is 1. The zero-order valence-corrected chi connectivity index (χ0v) is 9.79. The van der Waals surface area contributed by atoms with Crippen LogP contribution in [0, 0.1) is 0 Å². The molecule has 0 radical (unpaired) electrons. The molecular formula is C12H11BrO2. The quantitative estimate of drug-likeness (QED) is 0.768. The van der Waals surface area contributed by atoms with Crippen LogP contribution in [0.15, 0.2) is 40.6 Å². The van der Waals surface area contributed by atoms with Crippen LogP contribution >= 0.6 is 15.9 Å². The highest BCUT2D eigenvalue weighted by molar-refractivity contribution is 9.10. The molecule has 0 atom stereocenters. The second-order valence-electron chi connectivity index (χ2n) is 3.46. The maximum atomic E-state index is 12.0. The van der Waals surface area contributed by atoms with Crippen molar-refractivity contribution in [3.63, 3.8) is 0 Å². The molecule has 2 rings (SSSR count). The van der Waals surface area contributed by atoms with Crippen molar-refractivity contribution in [1.82, 2.24) is 0 Å². The van der Waals surface area contributed by atoms with Crippen LogP contribution in [0.5, 0.6) is 0 Å². The summed E-state index contributed by atoms with van der Waals surface area (Å²) < 4.78 is 6.08. The Kier molecular flexibility index (Phi) is 3.21. The lowest BCUT2D eigenvalue weighted by atomic mass is 10.00. The van der Waals surface area contributed by atoms with Gasteiger partial charge in [-0.25, -0.2) is 0 Å². The van der Waals surface area contributed by atoms with Gasteiger partial charge in [0.2, 0.25) is 0 Å². The lowest BCUT2D eigenvalue weighted by molar-refractivity contribution is 0.101. The van der Waals surface area contributed by atoms with Gasteiger partial charge in [-0.15, -0.1) is 0 Å². The van der Waals surface area contributed by atoms with Crippen molar-refractivity contribution in [3.8, 4) is 0 Å². The Morgan fingerprint density at radius 3 is 2.93 bits per heavy atom. The number of hydrogen-bond acceptors (Lipinski definition) is 2. The Labute approximate surface area is 97.1 Å². The molecule has 1 aliphatic rings. The van der Waals surface area contributed by atoms with Gasteiger partial charge < -0.3 is 4.74 Å². The summed E-state index contributed by atoms with van der Waals surface area (Å²) in [5.74, 6) is 0.0657. The van der Waals surface area contributed by atoms with E-state index in [0.29, 0.717) is 5.56 Å². The summed E-state index contributed by atoms with van der Waals surface area (Å²) in [7, 11) is 0. The van der Waals surface area contributed by atoms with E-state index in [1.165, 1.54) is 0 Å². The summed E-state index contributed by atoms with van der Waals surface area (Å²) in [6, 6.07) is 7.42. The lowest BCUT2D eigenvalue weighted by Gasteiger charge is -2.12. The van der Waals surface area contributed by atoms with E-state index in [1.54, 1.807) is 6.26 Å². The fourth-order valence-electron chi connectivity index (χ4n) is 1.55. The van der Waals surface area contributed by atoms with Crippen molar-refractivity contribution in [2.45, 2.75) is 12.8 Å². The predicted octanol–water partition coefficient (Wildman–Crippen LogP) is 3.33. The van der Waals surface area contributed by atoms with Crippen molar-refractivity contribution in [3.05, 3.63) is 46.1 Å². The Morgan fingerprint density at radius 1 is 1.40 bits per heavy atom. The fourth-order valence-corrected chi connectivity index (χ4v) is 1.95. The Balaban J connectivity index is 2.24. The summed E-state index contributed by atoms with van der Waals surface area (Å²) in [6.07, 6.45) is 3.32. The summed E-state index contributed by atoms with van der Waals surface area (Å²) in [4.78, 5) is 12.0. The van der Waals surface area contributed by atoms with Gasteiger partial charge in [0.25, 0.3) is 0 Å². The van der Waals surface area contributed by atoms with Crippen LogP contribution in [0.2, 0.25) is 0 Å². The second-order valence-corrected chi connectivity index (χ2v) is 4.37. The number of hydrogen-bond donors (Lipinski definition) is 0. The van der Waals surface area contributed by atoms with Gasteiger partial charge in [0.1, 0.15) is 0 Å². The molecule has 1 aromatic rings. The molecule has 0 amide bonds. The van der Waals surface area contributed by atoms with Gasteiger partial charge in [-0.2, -0.15) is 0 Å². The first-order valence-electron chi connectivity index (χ1n) is 4.88. The average Bonchev–Trinajstić information content (AvgIpc) is 2.29. The zero-order chi connectivity index (χ0) is 10.7. The van der Waals surface area contributed by atoms with Crippen LogP contribution < -0.4 is 0 Å². The van der Waals surface area contributed by atoms with Gasteiger partial charge in [0, 0.05) is 15.6 Å². The first-order chi connectivity index (χ1) is 7.27. The van der Waals surface area contributed by atoms with E-state index in [2.05, 4.69) is 15.9 Å². The number of Topliss-reactive ketones (excluding diaryl/α,β-unsaturated/α-hetero) is 1. The number of allylic oxidation sites excluding steroid dienone is 1. The number of carbonyl (C=O) groups excluding carboxylic acids is 1. The smallest absolute Gasteiger partial charge is 0.192 e. The Bertz CT molecular complexity index is 410. The van der Waals surface area contributed by atoms with Crippen LogP contribution in [-0.4, -0.2) is 12.4 Å². The molecule has 0 unspecified atom stereocenters. The van der Waals surface area contributed by atoms with E-state index < -0.39 is 0 Å². The largest absolute Gasteiger partial charge is 0.501 e. The van der Waals surface area contributed by atoms with Gasteiger partial charge >= 0.3 is 0 Å². The van der Waals surface area contributed by atoms with Gasteiger partial charge in [-0.05, 0) is 25.0 Å². The minimum Gasteiger partial charge on any atom is -0.501 e. The number of ketones is 1. The fraction of sp³-hybridized carbons (Fsp3) is 0.250. The highest BCUT2D eigenvalue weighted by Crippen LogP contribution is 2.19. The van der Waals surface area contributed by atoms with Crippen LogP contribution in [0.25, 0.3) is 0 Å². The van der Waals surface area contributed by atoms with Gasteiger partial charge in [-0.1, -0.05) is 28.1 Å². The van der Waals surface area contributed by atoms with E-state index in [1.807, 2.05) is 24.3 Å². The standard InChI is InChI=1S/C12H11BrO2/c13-11-5-1-3-9(7-11)12(14)10-4-2-6-15-8-10/h1,3,5,7-8H,2,4,6H2. The molecule has 0 saturated heterocycles. The molecule has 1 aromatic carbocycles. The predicted molar refractivity (Wildman–Crippen MR) is 61.7 cm³/mol. The highest BCUT2D eigenvalue weighted by Gasteiger charge is 2.15. The Hall–Kier alpha value is -1.09. The third kappa shape index (κ3) is 2.48. The number of rotatable bonds is 2. The van der Waals surface area contributed by atoms with Crippen molar-refractivity contribution < 1.29 is 9.53 Å². The molecule has 15 heavy (non-hydrogen) atoms. The van der Waals surface area contributed by atoms with Gasteiger partial charge in [0.05, 0.1) is 12.9 Å². The molecule has 0 bridgehead atoms.